The van der Waals surface area contributed by atoms with Gasteiger partial charge in [0.15, 0.2) is 0 Å². The van der Waals surface area contributed by atoms with Gasteiger partial charge in [0, 0.05) is 10.8 Å². The van der Waals surface area contributed by atoms with E-state index in [9.17, 15) is 9.90 Å². The molecule has 0 spiro atoms. The van der Waals surface area contributed by atoms with Crippen molar-refractivity contribution in [1.82, 2.24) is 0 Å². The molecule has 30 heavy (non-hydrogen) atoms. The summed E-state index contributed by atoms with van der Waals surface area (Å²) in [6.45, 7) is 11.7. The number of thiophene rings is 1. The molecule has 3 rings (SSSR count). The summed E-state index contributed by atoms with van der Waals surface area (Å²) < 4.78 is 0. The molecule has 1 heterocycles. The quantitative estimate of drug-likeness (QED) is 0.434. The molecule has 1 aliphatic carbocycles. The zero-order valence-electron chi connectivity index (χ0n) is 19.1. The van der Waals surface area contributed by atoms with E-state index in [-0.39, 0.29) is 10.8 Å². The number of carbonyl (C=O) groups is 1. The SMILES string of the molecule is CCCCCC(/C=C/c1ccc(C(=O)O)s1)c1ccc2c(c1)C(C)(C)CCC2(C)C. The molecule has 1 aromatic heterocycles. The zero-order valence-corrected chi connectivity index (χ0v) is 19.9. The minimum absolute atomic E-state index is 0.211. The van der Waals surface area contributed by atoms with Crippen LogP contribution in [-0.4, -0.2) is 11.1 Å². The summed E-state index contributed by atoms with van der Waals surface area (Å²) in [5, 5.41) is 9.19. The average molecular weight is 425 g/mol. The number of rotatable bonds is 8. The zero-order chi connectivity index (χ0) is 21.9. The molecule has 2 nitrogen and oxygen atoms in total. The standard InChI is InChI=1S/C27H36O2S/c1-6-7-8-9-19(10-12-21-13-15-24(30-21)25(28)29)20-11-14-22-23(18-20)27(4,5)17-16-26(22,2)3/h10-15,18-19H,6-9,16-17H2,1-5H3,(H,28,29)/b12-10+. The molecule has 0 amide bonds. The van der Waals surface area contributed by atoms with E-state index < -0.39 is 5.97 Å². The van der Waals surface area contributed by atoms with E-state index in [1.165, 1.54) is 60.1 Å². The number of fused-ring (bicyclic) bond motifs is 1. The van der Waals surface area contributed by atoms with Crippen LogP contribution < -0.4 is 0 Å². The fraction of sp³-hybridized carbons (Fsp3) is 0.519. The molecule has 0 saturated carbocycles. The van der Waals surface area contributed by atoms with Crippen molar-refractivity contribution >= 4 is 23.4 Å². The molecule has 1 unspecified atom stereocenters. The van der Waals surface area contributed by atoms with Gasteiger partial charge in [-0.25, -0.2) is 4.79 Å². The number of carboxylic acid groups (broad SMARTS) is 1. The Hall–Kier alpha value is -1.87. The van der Waals surface area contributed by atoms with E-state index in [2.05, 4.69) is 65.0 Å². The van der Waals surface area contributed by atoms with Gasteiger partial charge in [-0.1, -0.05) is 78.2 Å². The molecule has 0 fully saturated rings. The summed E-state index contributed by atoms with van der Waals surface area (Å²) in [6.07, 6.45) is 11.7. The van der Waals surface area contributed by atoms with Crippen LogP contribution in [0.15, 0.2) is 36.4 Å². The van der Waals surface area contributed by atoms with Crippen molar-refractivity contribution in [3.63, 3.8) is 0 Å². The second-order valence-corrected chi connectivity index (χ2v) is 11.2. The van der Waals surface area contributed by atoms with Crippen LogP contribution in [0, 0.1) is 0 Å². The number of hydrogen-bond donors (Lipinski definition) is 1. The molecule has 1 aromatic carbocycles. The van der Waals surface area contributed by atoms with Crippen LogP contribution in [0.2, 0.25) is 0 Å². The first-order valence-electron chi connectivity index (χ1n) is 11.3. The average Bonchev–Trinajstić information content (AvgIpc) is 3.17. The number of carboxylic acids is 1. The summed E-state index contributed by atoms with van der Waals surface area (Å²) >= 11 is 1.34. The van der Waals surface area contributed by atoms with Crippen molar-refractivity contribution in [3.8, 4) is 0 Å². The molecular weight excluding hydrogens is 388 g/mol. The van der Waals surface area contributed by atoms with Crippen molar-refractivity contribution in [2.75, 3.05) is 0 Å². The lowest BCUT2D eigenvalue weighted by atomic mass is 9.62. The number of allylic oxidation sites excluding steroid dienone is 1. The van der Waals surface area contributed by atoms with E-state index >= 15 is 0 Å². The van der Waals surface area contributed by atoms with E-state index in [1.54, 1.807) is 6.07 Å². The first-order chi connectivity index (χ1) is 14.1. The highest BCUT2D eigenvalue weighted by Gasteiger charge is 2.37. The highest BCUT2D eigenvalue weighted by atomic mass is 32.1. The van der Waals surface area contributed by atoms with Crippen LogP contribution in [0.5, 0.6) is 0 Å². The van der Waals surface area contributed by atoms with E-state index in [0.717, 1.165) is 11.3 Å². The van der Waals surface area contributed by atoms with Crippen LogP contribution in [0.25, 0.3) is 6.08 Å². The van der Waals surface area contributed by atoms with Crippen molar-refractivity contribution in [2.24, 2.45) is 0 Å². The van der Waals surface area contributed by atoms with Gasteiger partial charge in [0.05, 0.1) is 0 Å². The second kappa shape index (κ2) is 9.09. The smallest absolute Gasteiger partial charge is 0.345 e. The summed E-state index contributed by atoms with van der Waals surface area (Å²) in [4.78, 5) is 12.6. The lowest BCUT2D eigenvalue weighted by Gasteiger charge is -2.42. The van der Waals surface area contributed by atoms with Crippen molar-refractivity contribution in [2.45, 2.75) is 89.9 Å². The maximum Gasteiger partial charge on any atom is 0.345 e. The molecule has 1 aliphatic rings. The second-order valence-electron chi connectivity index (χ2n) is 10.0. The van der Waals surface area contributed by atoms with E-state index in [4.69, 9.17) is 0 Å². The maximum absolute atomic E-state index is 11.2. The number of benzene rings is 1. The predicted octanol–water partition coefficient (Wildman–Crippen LogP) is 8.17. The van der Waals surface area contributed by atoms with Gasteiger partial charge in [0.1, 0.15) is 4.88 Å². The van der Waals surface area contributed by atoms with E-state index in [0.29, 0.717) is 10.8 Å². The Kier molecular flexibility index (Phi) is 6.91. The molecule has 2 aromatic rings. The highest BCUT2D eigenvalue weighted by Crippen LogP contribution is 2.46. The van der Waals surface area contributed by atoms with Gasteiger partial charge in [-0.15, -0.1) is 11.3 Å². The number of unbranched alkanes of at least 4 members (excludes halogenated alkanes) is 2. The van der Waals surface area contributed by atoms with Gasteiger partial charge in [0.2, 0.25) is 0 Å². The lowest BCUT2D eigenvalue weighted by molar-refractivity contribution is 0.0702. The summed E-state index contributed by atoms with van der Waals surface area (Å²) in [5.74, 6) is -0.489. The Morgan fingerprint density at radius 1 is 1.07 bits per heavy atom. The normalized spacial score (nSPS) is 18.3. The topological polar surface area (TPSA) is 37.3 Å². The van der Waals surface area contributed by atoms with Gasteiger partial charge >= 0.3 is 5.97 Å². The number of hydrogen-bond acceptors (Lipinski definition) is 2. The molecule has 0 bridgehead atoms. The summed E-state index contributed by atoms with van der Waals surface area (Å²) in [6, 6.07) is 10.8. The Morgan fingerprint density at radius 3 is 2.40 bits per heavy atom. The lowest BCUT2D eigenvalue weighted by Crippen LogP contribution is -2.34. The molecule has 0 radical (unpaired) electrons. The van der Waals surface area contributed by atoms with E-state index in [1.807, 2.05) is 6.07 Å². The first-order valence-corrected chi connectivity index (χ1v) is 12.1. The molecule has 0 saturated heterocycles. The number of aromatic carboxylic acids is 1. The first kappa shape index (κ1) is 22.8. The Bertz CT molecular complexity index is 917. The largest absolute Gasteiger partial charge is 0.477 e. The van der Waals surface area contributed by atoms with Gasteiger partial charge < -0.3 is 5.11 Å². The fourth-order valence-corrected chi connectivity index (χ4v) is 5.35. The fourth-order valence-electron chi connectivity index (χ4n) is 4.59. The van der Waals surface area contributed by atoms with Crippen LogP contribution >= 0.6 is 11.3 Å². The van der Waals surface area contributed by atoms with Crippen molar-refractivity contribution in [3.05, 3.63) is 62.9 Å². The summed E-state index contributed by atoms with van der Waals surface area (Å²) in [5.41, 5.74) is 4.85. The molecular formula is C27H36O2S. The predicted molar refractivity (Wildman–Crippen MR) is 129 cm³/mol. The Morgan fingerprint density at radius 2 is 1.77 bits per heavy atom. The molecule has 0 aliphatic heterocycles. The molecule has 162 valence electrons. The van der Waals surface area contributed by atoms with Crippen molar-refractivity contribution in [1.29, 1.82) is 0 Å². The van der Waals surface area contributed by atoms with Crippen LogP contribution in [0.4, 0.5) is 0 Å². The maximum atomic E-state index is 11.2. The third kappa shape index (κ3) is 5.06. The summed E-state index contributed by atoms with van der Waals surface area (Å²) in [7, 11) is 0. The minimum atomic E-state index is -0.848. The van der Waals surface area contributed by atoms with Gasteiger partial charge in [-0.05, 0) is 65.0 Å². The van der Waals surface area contributed by atoms with Crippen LogP contribution in [0.1, 0.15) is 110 Å². The molecule has 1 atom stereocenters. The van der Waals surface area contributed by atoms with Gasteiger partial charge in [-0.2, -0.15) is 0 Å². The van der Waals surface area contributed by atoms with Crippen LogP contribution in [0.3, 0.4) is 0 Å². The van der Waals surface area contributed by atoms with Gasteiger partial charge in [0.25, 0.3) is 0 Å². The monoisotopic (exact) mass is 424 g/mol. The van der Waals surface area contributed by atoms with Crippen molar-refractivity contribution < 1.29 is 9.90 Å². The van der Waals surface area contributed by atoms with Crippen LogP contribution in [-0.2, 0) is 10.8 Å². The van der Waals surface area contributed by atoms with Gasteiger partial charge in [-0.3, -0.25) is 0 Å². The molecule has 1 N–H and O–H groups in total. The third-order valence-corrected chi connectivity index (χ3v) is 7.79. The highest BCUT2D eigenvalue weighted by molar-refractivity contribution is 7.14. The minimum Gasteiger partial charge on any atom is -0.477 e. The molecule has 3 heteroatoms. The Balaban J connectivity index is 1.93. The third-order valence-electron chi connectivity index (χ3n) is 6.75. The Labute approximate surface area is 186 Å².